The Morgan fingerprint density at radius 3 is 2.12 bits per heavy atom. The van der Waals surface area contributed by atoms with Crippen LogP contribution in [0.5, 0.6) is 0 Å². The summed E-state index contributed by atoms with van der Waals surface area (Å²) in [6.45, 7) is 8.12. The highest BCUT2D eigenvalue weighted by Gasteiger charge is 2.30. The highest BCUT2D eigenvalue weighted by Crippen LogP contribution is 2.29. The monoisotopic (exact) mass is 246 g/mol. The van der Waals surface area contributed by atoms with Crippen molar-refractivity contribution in [2.45, 2.75) is 39.9 Å². The van der Waals surface area contributed by atoms with Crippen molar-refractivity contribution in [1.29, 1.82) is 0 Å². The van der Waals surface area contributed by atoms with Gasteiger partial charge in [0.1, 0.15) is 5.82 Å². The number of hydrogen-bond donors (Lipinski definition) is 1. The largest absolute Gasteiger partial charge is 0.417 e. The van der Waals surface area contributed by atoms with Gasteiger partial charge in [-0.15, -0.1) is 0 Å². The van der Waals surface area contributed by atoms with Crippen LogP contribution >= 0.6 is 0 Å². The molecule has 1 N–H and O–H groups in total. The standard InChI is InChI=1S/C12H17F3N2/c1-8(11(2,3)4)17-10-6-5-9(7-16-10)12(13,14)15/h5-8H,1-4H3,(H,16,17). The smallest absolute Gasteiger partial charge is 0.367 e. The van der Waals surface area contributed by atoms with E-state index in [2.05, 4.69) is 31.1 Å². The fraction of sp³-hybridized carbons (Fsp3) is 0.583. The lowest BCUT2D eigenvalue weighted by atomic mass is 9.88. The predicted molar refractivity (Wildman–Crippen MR) is 61.8 cm³/mol. The van der Waals surface area contributed by atoms with E-state index in [1.807, 2.05) is 6.92 Å². The van der Waals surface area contributed by atoms with Crippen molar-refractivity contribution in [1.82, 2.24) is 4.98 Å². The Balaban J connectivity index is 2.76. The molecule has 1 aromatic heterocycles. The predicted octanol–water partition coefficient (Wildman–Crippen LogP) is 3.95. The zero-order chi connectivity index (χ0) is 13.3. The van der Waals surface area contributed by atoms with Crippen molar-refractivity contribution in [3.8, 4) is 0 Å². The van der Waals surface area contributed by atoms with Crippen molar-refractivity contribution >= 4 is 5.82 Å². The topological polar surface area (TPSA) is 24.9 Å². The molecule has 1 heterocycles. The van der Waals surface area contributed by atoms with Gasteiger partial charge in [-0.2, -0.15) is 13.2 Å². The second-order valence-electron chi connectivity index (χ2n) is 5.16. The third-order valence-electron chi connectivity index (χ3n) is 2.75. The Morgan fingerprint density at radius 2 is 1.76 bits per heavy atom. The summed E-state index contributed by atoms with van der Waals surface area (Å²) >= 11 is 0. The van der Waals surface area contributed by atoms with Gasteiger partial charge in [-0.25, -0.2) is 4.98 Å². The molecule has 0 aliphatic rings. The van der Waals surface area contributed by atoms with E-state index >= 15 is 0 Å². The zero-order valence-electron chi connectivity index (χ0n) is 10.4. The summed E-state index contributed by atoms with van der Waals surface area (Å²) in [5.74, 6) is 0.459. The number of anilines is 1. The molecule has 0 spiro atoms. The molecule has 0 aliphatic heterocycles. The quantitative estimate of drug-likeness (QED) is 0.854. The number of halogens is 3. The van der Waals surface area contributed by atoms with Crippen LogP contribution in [-0.2, 0) is 6.18 Å². The molecular weight excluding hydrogens is 229 g/mol. The highest BCUT2D eigenvalue weighted by molar-refractivity contribution is 5.37. The molecule has 1 aromatic rings. The molecule has 1 atom stereocenters. The molecule has 1 rings (SSSR count). The number of rotatable bonds is 2. The second kappa shape index (κ2) is 4.55. The van der Waals surface area contributed by atoms with Crippen molar-refractivity contribution in [2.24, 2.45) is 5.41 Å². The maximum Gasteiger partial charge on any atom is 0.417 e. The van der Waals surface area contributed by atoms with Crippen LogP contribution in [0.3, 0.4) is 0 Å². The van der Waals surface area contributed by atoms with E-state index in [-0.39, 0.29) is 11.5 Å². The first-order valence-electron chi connectivity index (χ1n) is 5.40. The molecular formula is C12H17F3N2. The molecule has 96 valence electrons. The first-order valence-corrected chi connectivity index (χ1v) is 5.40. The van der Waals surface area contributed by atoms with Gasteiger partial charge in [0.25, 0.3) is 0 Å². The van der Waals surface area contributed by atoms with E-state index in [0.717, 1.165) is 12.3 Å². The van der Waals surface area contributed by atoms with Gasteiger partial charge in [-0.05, 0) is 24.5 Å². The van der Waals surface area contributed by atoms with Gasteiger partial charge in [0.15, 0.2) is 0 Å². The summed E-state index contributed by atoms with van der Waals surface area (Å²) in [5.41, 5.74) is -0.712. The molecule has 2 nitrogen and oxygen atoms in total. The molecule has 17 heavy (non-hydrogen) atoms. The Bertz CT molecular complexity index is 363. The number of pyridine rings is 1. The van der Waals surface area contributed by atoms with Crippen LogP contribution in [-0.4, -0.2) is 11.0 Å². The lowest BCUT2D eigenvalue weighted by Gasteiger charge is -2.28. The molecule has 0 fully saturated rings. The fourth-order valence-electron chi connectivity index (χ4n) is 1.09. The van der Waals surface area contributed by atoms with Gasteiger partial charge in [0.2, 0.25) is 0 Å². The summed E-state index contributed by atoms with van der Waals surface area (Å²) in [6.07, 6.45) is -3.49. The summed E-state index contributed by atoms with van der Waals surface area (Å²) in [5, 5.41) is 3.08. The van der Waals surface area contributed by atoms with Crippen LogP contribution in [0, 0.1) is 5.41 Å². The maximum absolute atomic E-state index is 12.3. The highest BCUT2D eigenvalue weighted by atomic mass is 19.4. The zero-order valence-corrected chi connectivity index (χ0v) is 10.4. The SMILES string of the molecule is CC(Nc1ccc(C(F)(F)F)cn1)C(C)(C)C. The Labute approximate surface area is 99.3 Å². The van der Waals surface area contributed by atoms with E-state index in [1.165, 1.54) is 6.07 Å². The lowest BCUT2D eigenvalue weighted by Crippen LogP contribution is -2.31. The average Bonchev–Trinajstić information content (AvgIpc) is 2.15. The number of alkyl halides is 3. The van der Waals surface area contributed by atoms with E-state index in [1.54, 1.807) is 0 Å². The van der Waals surface area contributed by atoms with Gasteiger partial charge >= 0.3 is 6.18 Å². The lowest BCUT2D eigenvalue weighted by molar-refractivity contribution is -0.137. The Morgan fingerprint density at radius 1 is 1.18 bits per heavy atom. The van der Waals surface area contributed by atoms with Crippen molar-refractivity contribution in [3.05, 3.63) is 23.9 Å². The number of aromatic nitrogens is 1. The summed E-state index contributed by atoms with van der Waals surface area (Å²) in [4.78, 5) is 3.77. The van der Waals surface area contributed by atoms with Crippen LogP contribution in [0.25, 0.3) is 0 Å². The number of hydrogen-bond acceptors (Lipinski definition) is 2. The van der Waals surface area contributed by atoms with Crippen molar-refractivity contribution in [2.75, 3.05) is 5.32 Å². The minimum absolute atomic E-state index is 0.0182. The molecule has 1 unspecified atom stereocenters. The summed E-state index contributed by atoms with van der Waals surface area (Å²) in [7, 11) is 0. The third kappa shape index (κ3) is 3.91. The number of nitrogens with one attached hydrogen (secondary N) is 1. The molecule has 0 saturated carbocycles. The van der Waals surface area contributed by atoms with E-state index in [0.29, 0.717) is 5.82 Å². The molecule has 0 saturated heterocycles. The summed E-state index contributed by atoms with van der Waals surface area (Å²) < 4.78 is 36.9. The minimum atomic E-state index is -4.33. The Hall–Kier alpha value is -1.26. The molecule has 0 bridgehead atoms. The van der Waals surface area contributed by atoms with Crippen LogP contribution in [0.1, 0.15) is 33.3 Å². The average molecular weight is 246 g/mol. The van der Waals surface area contributed by atoms with Gasteiger partial charge in [0.05, 0.1) is 5.56 Å². The van der Waals surface area contributed by atoms with Crippen molar-refractivity contribution < 1.29 is 13.2 Å². The molecule has 5 heteroatoms. The van der Waals surface area contributed by atoms with Crippen LogP contribution in [0.2, 0.25) is 0 Å². The first kappa shape index (κ1) is 13.8. The van der Waals surface area contributed by atoms with Gasteiger partial charge in [-0.3, -0.25) is 0 Å². The van der Waals surface area contributed by atoms with Crippen LogP contribution < -0.4 is 5.32 Å². The van der Waals surface area contributed by atoms with E-state index in [9.17, 15) is 13.2 Å². The molecule has 0 amide bonds. The van der Waals surface area contributed by atoms with Crippen molar-refractivity contribution in [3.63, 3.8) is 0 Å². The van der Waals surface area contributed by atoms with Crippen LogP contribution in [0.15, 0.2) is 18.3 Å². The van der Waals surface area contributed by atoms with E-state index in [4.69, 9.17) is 0 Å². The van der Waals surface area contributed by atoms with Gasteiger partial charge < -0.3 is 5.32 Å². The summed E-state index contributed by atoms with van der Waals surface area (Å²) in [6, 6.07) is 2.50. The van der Waals surface area contributed by atoms with Gasteiger partial charge in [0, 0.05) is 12.2 Å². The third-order valence-corrected chi connectivity index (χ3v) is 2.75. The maximum atomic E-state index is 12.3. The minimum Gasteiger partial charge on any atom is -0.367 e. The van der Waals surface area contributed by atoms with E-state index < -0.39 is 11.7 Å². The molecule has 0 aromatic carbocycles. The van der Waals surface area contributed by atoms with Crippen LogP contribution in [0.4, 0.5) is 19.0 Å². The molecule has 0 aliphatic carbocycles. The normalized spacial score (nSPS) is 14.5. The molecule has 0 radical (unpaired) electrons. The number of nitrogens with zero attached hydrogens (tertiary/aromatic N) is 1. The second-order valence-corrected chi connectivity index (χ2v) is 5.16. The first-order chi connectivity index (χ1) is 7.60. The Kier molecular flexibility index (Phi) is 3.69. The van der Waals surface area contributed by atoms with Gasteiger partial charge in [-0.1, -0.05) is 20.8 Å². The fourth-order valence-corrected chi connectivity index (χ4v) is 1.09.